The van der Waals surface area contributed by atoms with Crippen molar-refractivity contribution in [3.05, 3.63) is 70.1 Å². The summed E-state index contributed by atoms with van der Waals surface area (Å²) in [6.07, 6.45) is -4.17. The molecule has 2 aromatic carbocycles. The first-order valence-electron chi connectivity index (χ1n) is 9.84. The molecule has 0 aliphatic carbocycles. The first kappa shape index (κ1) is 23.2. The van der Waals surface area contributed by atoms with Crippen molar-refractivity contribution in [2.45, 2.75) is 29.8 Å². The van der Waals surface area contributed by atoms with E-state index in [1.165, 1.54) is 28.5 Å². The van der Waals surface area contributed by atoms with Crippen molar-refractivity contribution in [1.82, 2.24) is 9.55 Å². The van der Waals surface area contributed by atoms with Gasteiger partial charge in [0.1, 0.15) is 5.75 Å². The van der Waals surface area contributed by atoms with Gasteiger partial charge in [0, 0.05) is 17.9 Å². The highest BCUT2D eigenvalue weighted by Crippen LogP contribution is 2.31. The normalized spacial score (nSPS) is 13.0. The number of carbonyl (C=O) groups excluding carboxylic acids is 1. The lowest BCUT2D eigenvalue weighted by Crippen LogP contribution is -2.24. The lowest BCUT2D eigenvalue weighted by atomic mass is 10.2. The van der Waals surface area contributed by atoms with Gasteiger partial charge in [-0.1, -0.05) is 29.5 Å². The number of aryl methyl sites for hydroxylation is 2. The van der Waals surface area contributed by atoms with Crippen molar-refractivity contribution >= 4 is 35.1 Å². The number of amides is 1. The third-order valence-corrected chi connectivity index (χ3v) is 6.71. The molecule has 1 aliphatic heterocycles. The average molecular weight is 494 g/mol. The number of fused-ring (bicyclic) bond motifs is 1. The van der Waals surface area contributed by atoms with E-state index in [0.717, 1.165) is 35.2 Å². The molecule has 33 heavy (non-hydrogen) atoms. The Bertz CT molecular complexity index is 1230. The molecule has 6 nitrogen and oxygen atoms in total. The van der Waals surface area contributed by atoms with Crippen LogP contribution in [-0.4, -0.2) is 33.3 Å². The van der Waals surface area contributed by atoms with Gasteiger partial charge in [0.15, 0.2) is 5.16 Å². The molecule has 0 saturated carbocycles. The third-order valence-electron chi connectivity index (χ3n) is 4.66. The van der Waals surface area contributed by atoms with E-state index in [0.29, 0.717) is 33.5 Å². The SMILES string of the molecule is Cc1ccc(NC(=O)CSc2nc3c(c(=O)n2-c2ccc(OC(F)(F)F)cc2)SCC3)cc1. The second-order valence-electron chi connectivity index (χ2n) is 7.15. The smallest absolute Gasteiger partial charge is 0.406 e. The molecule has 11 heteroatoms. The van der Waals surface area contributed by atoms with Crippen LogP contribution in [0.5, 0.6) is 5.75 Å². The molecule has 0 fully saturated rings. The topological polar surface area (TPSA) is 73.2 Å². The van der Waals surface area contributed by atoms with Gasteiger partial charge < -0.3 is 10.1 Å². The number of benzene rings is 2. The van der Waals surface area contributed by atoms with Crippen LogP contribution < -0.4 is 15.6 Å². The summed E-state index contributed by atoms with van der Waals surface area (Å²) >= 11 is 2.48. The fourth-order valence-corrected chi connectivity index (χ4v) is 5.03. The number of hydrogen-bond donors (Lipinski definition) is 1. The number of halogens is 3. The number of rotatable bonds is 6. The first-order valence-corrected chi connectivity index (χ1v) is 11.8. The molecule has 2 heterocycles. The van der Waals surface area contributed by atoms with Crippen LogP contribution in [0.25, 0.3) is 5.69 Å². The van der Waals surface area contributed by atoms with Crippen molar-refractivity contribution < 1.29 is 22.7 Å². The van der Waals surface area contributed by atoms with Crippen molar-refractivity contribution in [3.63, 3.8) is 0 Å². The van der Waals surface area contributed by atoms with Crippen LogP contribution in [0, 0.1) is 6.92 Å². The number of nitrogens with zero attached hydrogens (tertiary/aromatic N) is 2. The van der Waals surface area contributed by atoms with Crippen LogP contribution in [0.1, 0.15) is 11.3 Å². The van der Waals surface area contributed by atoms with Gasteiger partial charge in [0.05, 0.1) is 22.0 Å². The Labute approximate surface area is 195 Å². The van der Waals surface area contributed by atoms with Crippen LogP contribution in [-0.2, 0) is 11.2 Å². The van der Waals surface area contributed by atoms with Gasteiger partial charge in [0.2, 0.25) is 5.91 Å². The average Bonchev–Trinajstić information content (AvgIpc) is 3.23. The molecular weight excluding hydrogens is 475 g/mol. The monoisotopic (exact) mass is 493 g/mol. The van der Waals surface area contributed by atoms with Crippen LogP contribution in [0.15, 0.2) is 63.4 Å². The van der Waals surface area contributed by atoms with Gasteiger partial charge in [-0.3, -0.25) is 14.2 Å². The predicted molar refractivity (Wildman–Crippen MR) is 121 cm³/mol. The van der Waals surface area contributed by atoms with Gasteiger partial charge in [-0.15, -0.1) is 24.9 Å². The summed E-state index contributed by atoms with van der Waals surface area (Å²) in [6, 6.07) is 12.3. The standard InChI is InChI=1S/C22H18F3N3O3S2/c1-13-2-4-14(5-3-13)26-18(29)12-33-21-27-17-10-11-32-19(17)20(30)28(21)15-6-8-16(9-7-15)31-22(23,24)25/h2-9H,10-12H2,1H3,(H,26,29). The maximum atomic E-state index is 13.1. The minimum absolute atomic E-state index is 0.00150. The molecule has 1 amide bonds. The molecular formula is C22H18F3N3O3S2. The highest BCUT2D eigenvalue weighted by atomic mass is 32.2. The van der Waals surface area contributed by atoms with E-state index in [1.54, 1.807) is 12.1 Å². The van der Waals surface area contributed by atoms with Crippen molar-refractivity contribution in [3.8, 4) is 11.4 Å². The Morgan fingerprint density at radius 3 is 2.55 bits per heavy atom. The number of carbonyl (C=O) groups is 1. The zero-order chi connectivity index (χ0) is 23.6. The number of aromatic nitrogens is 2. The summed E-state index contributed by atoms with van der Waals surface area (Å²) in [5.74, 6) is 0.0577. The Kier molecular flexibility index (Phi) is 6.71. The second kappa shape index (κ2) is 9.52. The Morgan fingerprint density at radius 1 is 1.18 bits per heavy atom. The van der Waals surface area contributed by atoms with Gasteiger partial charge in [0.25, 0.3) is 5.56 Å². The van der Waals surface area contributed by atoms with E-state index in [2.05, 4.69) is 15.0 Å². The van der Waals surface area contributed by atoms with Crippen LogP contribution in [0.4, 0.5) is 18.9 Å². The minimum atomic E-state index is -4.81. The molecule has 0 bridgehead atoms. The lowest BCUT2D eigenvalue weighted by molar-refractivity contribution is -0.274. The van der Waals surface area contributed by atoms with Gasteiger partial charge in [-0.05, 0) is 43.3 Å². The summed E-state index contributed by atoms with van der Waals surface area (Å²) in [7, 11) is 0. The summed E-state index contributed by atoms with van der Waals surface area (Å²) in [5.41, 5.74) is 2.41. The molecule has 1 aliphatic rings. The molecule has 172 valence electrons. The Morgan fingerprint density at radius 2 is 1.88 bits per heavy atom. The number of anilines is 1. The van der Waals surface area contributed by atoms with Crippen molar-refractivity contribution in [1.29, 1.82) is 0 Å². The van der Waals surface area contributed by atoms with Crippen molar-refractivity contribution in [2.24, 2.45) is 0 Å². The molecule has 4 rings (SSSR count). The Balaban J connectivity index is 1.59. The van der Waals surface area contributed by atoms with E-state index in [4.69, 9.17) is 0 Å². The highest BCUT2D eigenvalue weighted by molar-refractivity contribution is 8.00. The van der Waals surface area contributed by atoms with E-state index in [9.17, 15) is 22.8 Å². The maximum absolute atomic E-state index is 13.1. The summed E-state index contributed by atoms with van der Waals surface area (Å²) in [5, 5.41) is 3.09. The van der Waals surface area contributed by atoms with Crippen LogP contribution >= 0.6 is 23.5 Å². The zero-order valence-corrected chi connectivity index (χ0v) is 18.9. The fraction of sp³-hybridized carbons (Fsp3) is 0.227. The van der Waals surface area contributed by atoms with E-state index < -0.39 is 12.1 Å². The van der Waals surface area contributed by atoms with E-state index >= 15 is 0 Å². The number of thioether (sulfide) groups is 2. The van der Waals surface area contributed by atoms with Crippen LogP contribution in [0.3, 0.4) is 0 Å². The summed E-state index contributed by atoms with van der Waals surface area (Å²) in [4.78, 5) is 30.7. The molecule has 0 radical (unpaired) electrons. The molecule has 1 N–H and O–H groups in total. The molecule has 0 saturated heterocycles. The molecule has 1 aromatic heterocycles. The van der Waals surface area contributed by atoms with Crippen LogP contribution in [0.2, 0.25) is 0 Å². The molecule has 3 aromatic rings. The largest absolute Gasteiger partial charge is 0.573 e. The lowest BCUT2D eigenvalue weighted by Gasteiger charge is -2.15. The third kappa shape index (κ3) is 5.72. The molecule has 0 atom stereocenters. The predicted octanol–water partition coefficient (Wildman–Crippen LogP) is 4.82. The molecule has 0 unspecified atom stereocenters. The Hall–Kier alpha value is -2.92. The second-order valence-corrected chi connectivity index (χ2v) is 9.20. The number of hydrogen-bond acceptors (Lipinski definition) is 6. The molecule has 0 spiro atoms. The quantitative estimate of drug-likeness (QED) is 0.392. The summed E-state index contributed by atoms with van der Waals surface area (Å²) < 4.78 is 42.6. The maximum Gasteiger partial charge on any atom is 0.573 e. The fourth-order valence-electron chi connectivity index (χ4n) is 3.18. The van der Waals surface area contributed by atoms with E-state index in [1.807, 2.05) is 19.1 Å². The number of alkyl halides is 3. The van der Waals surface area contributed by atoms with Gasteiger partial charge in [-0.25, -0.2) is 4.98 Å². The van der Waals surface area contributed by atoms with E-state index in [-0.39, 0.29) is 17.2 Å². The summed E-state index contributed by atoms with van der Waals surface area (Å²) in [6.45, 7) is 1.94. The highest BCUT2D eigenvalue weighted by Gasteiger charge is 2.31. The first-order chi connectivity index (χ1) is 15.7. The zero-order valence-electron chi connectivity index (χ0n) is 17.3. The minimum Gasteiger partial charge on any atom is -0.406 e. The van der Waals surface area contributed by atoms with Crippen molar-refractivity contribution in [2.75, 3.05) is 16.8 Å². The number of nitrogens with one attached hydrogen (secondary N) is 1. The van der Waals surface area contributed by atoms with Gasteiger partial charge >= 0.3 is 6.36 Å². The van der Waals surface area contributed by atoms with Gasteiger partial charge in [-0.2, -0.15) is 0 Å². The number of ether oxygens (including phenoxy) is 1.